The van der Waals surface area contributed by atoms with E-state index in [4.69, 9.17) is 11.6 Å². The van der Waals surface area contributed by atoms with Crippen molar-refractivity contribution in [1.82, 2.24) is 0 Å². The summed E-state index contributed by atoms with van der Waals surface area (Å²) in [5.74, 6) is 0. The van der Waals surface area contributed by atoms with E-state index in [9.17, 15) is 0 Å². The highest BCUT2D eigenvalue weighted by Crippen LogP contribution is 2.25. The van der Waals surface area contributed by atoms with Crippen LogP contribution in [0.25, 0.3) is 0 Å². The minimum Gasteiger partial charge on any atom is -0.384 e. The maximum absolute atomic E-state index is 5.91. The molecule has 0 aliphatic carbocycles. The summed E-state index contributed by atoms with van der Waals surface area (Å²) < 4.78 is 1.04. The lowest BCUT2D eigenvalue weighted by Gasteiger charge is -2.08. The molecule has 0 saturated carbocycles. The Labute approximate surface area is 131 Å². The van der Waals surface area contributed by atoms with E-state index in [0.717, 1.165) is 21.7 Å². The minimum atomic E-state index is 0.768. The molecule has 0 saturated heterocycles. The number of hydrogen-bond donors (Lipinski definition) is 1. The molecule has 0 unspecified atom stereocenters. The molecule has 1 nitrogen and oxygen atoms in total. The summed E-state index contributed by atoms with van der Waals surface area (Å²) in [4.78, 5) is 0. The number of nitrogens with one attached hydrogen (secondary N) is 1. The normalized spacial score (nSPS) is 10.7. The lowest BCUT2D eigenvalue weighted by molar-refractivity contribution is 0.581. The SMILES string of the molecule is CCCCCCCCCCNc1ccc(Cl)cc1Br. The summed E-state index contributed by atoms with van der Waals surface area (Å²) in [5, 5.41) is 4.21. The van der Waals surface area contributed by atoms with Gasteiger partial charge < -0.3 is 5.32 Å². The van der Waals surface area contributed by atoms with Crippen LogP contribution in [0.3, 0.4) is 0 Å². The number of benzene rings is 1. The van der Waals surface area contributed by atoms with Gasteiger partial charge in [0.05, 0.1) is 0 Å². The molecule has 0 fully saturated rings. The second kappa shape index (κ2) is 10.6. The highest BCUT2D eigenvalue weighted by molar-refractivity contribution is 9.10. The predicted molar refractivity (Wildman–Crippen MR) is 90.3 cm³/mol. The Morgan fingerprint density at radius 1 is 1.00 bits per heavy atom. The van der Waals surface area contributed by atoms with Crippen LogP contribution in [0.5, 0.6) is 0 Å². The maximum atomic E-state index is 5.91. The van der Waals surface area contributed by atoms with Crippen LogP contribution in [0.1, 0.15) is 58.3 Å². The highest BCUT2D eigenvalue weighted by Gasteiger charge is 1.99. The lowest BCUT2D eigenvalue weighted by Crippen LogP contribution is -2.01. The van der Waals surface area contributed by atoms with Crippen LogP contribution >= 0.6 is 27.5 Å². The molecule has 1 rings (SSSR count). The van der Waals surface area contributed by atoms with Crippen molar-refractivity contribution in [2.45, 2.75) is 58.3 Å². The molecule has 0 heterocycles. The van der Waals surface area contributed by atoms with Gasteiger partial charge in [0.2, 0.25) is 0 Å². The first-order chi connectivity index (χ1) is 9.24. The zero-order valence-corrected chi connectivity index (χ0v) is 14.2. The quantitative estimate of drug-likeness (QED) is 0.467. The van der Waals surface area contributed by atoms with Crippen molar-refractivity contribution in [3.05, 3.63) is 27.7 Å². The second-order valence-corrected chi connectivity index (χ2v) is 6.32. The standard InChI is InChI=1S/C16H25BrClN/c1-2-3-4-5-6-7-8-9-12-19-16-11-10-14(18)13-15(16)17/h10-11,13,19H,2-9,12H2,1H3. The van der Waals surface area contributed by atoms with Crippen LogP contribution in [-0.4, -0.2) is 6.54 Å². The van der Waals surface area contributed by atoms with Crippen molar-refractivity contribution in [3.63, 3.8) is 0 Å². The monoisotopic (exact) mass is 345 g/mol. The van der Waals surface area contributed by atoms with E-state index in [1.165, 1.54) is 51.4 Å². The summed E-state index contributed by atoms with van der Waals surface area (Å²) >= 11 is 9.43. The second-order valence-electron chi connectivity index (χ2n) is 5.03. The fourth-order valence-corrected chi connectivity index (χ4v) is 2.94. The fraction of sp³-hybridized carbons (Fsp3) is 0.625. The molecule has 0 bridgehead atoms. The Morgan fingerprint density at radius 3 is 2.26 bits per heavy atom. The van der Waals surface area contributed by atoms with Crippen LogP contribution in [0.2, 0.25) is 5.02 Å². The van der Waals surface area contributed by atoms with E-state index in [1.54, 1.807) is 0 Å². The number of anilines is 1. The van der Waals surface area contributed by atoms with Crippen LogP contribution in [0.15, 0.2) is 22.7 Å². The maximum Gasteiger partial charge on any atom is 0.0485 e. The Hall–Kier alpha value is -0.210. The van der Waals surface area contributed by atoms with Gasteiger partial charge in [-0.3, -0.25) is 0 Å². The first-order valence-electron chi connectivity index (χ1n) is 7.43. The number of unbranched alkanes of at least 4 members (excludes halogenated alkanes) is 7. The van der Waals surface area contributed by atoms with Crippen molar-refractivity contribution >= 4 is 33.2 Å². The van der Waals surface area contributed by atoms with Gasteiger partial charge in [-0.05, 0) is 40.5 Å². The van der Waals surface area contributed by atoms with Gasteiger partial charge in [0, 0.05) is 21.7 Å². The third kappa shape index (κ3) is 7.84. The molecular formula is C16H25BrClN. The van der Waals surface area contributed by atoms with Crippen molar-refractivity contribution in [3.8, 4) is 0 Å². The van der Waals surface area contributed by atoms with Crippen LogP contribution in [0.4, 0.5) is 5.69 Å². The first kappa shape index (κ1) is 16.8. The number of hydrogen-bond acceptors (Lipinski definition) is 1. The molecular weight excluding hydrogens is 322 g/mol. The molecule has 0 radical (unpaired) electrons. The summed E-state index contributed by atoms with van der Waals surface area (Å²) in [6.45, 7) is 3.30. The smallest absolute Gasteiger partial charge is 0.0485 e. The zero-order valence-electron chi connectivity index (χ0n) is 11.9. The highest BCUT2D eigenvalue weighted by atomic mass is 79.9. The summed E-state index contributed by atoms with van der Waals surface area (Å²) in [6, 6.07) is 5.87. The third-order valence-corrected chi connectivity index (χ3v) is 4.17. The molecule has 0 aromatic heterocycles. The van der Waals surface area contributed by atoms with Crippen LogP contribution < -0.4 is 5.32 Å². The Balaban J connectivity index is 2.01. The van der Waals surface area contributed by atoms with Crippen LogP contribution in [0, 0.1) is 0 Å². The van der Waals surface area contributed by atoms with Gasteiger partial charge in [-0.15, -0.1) is 0 Å². The predicted octanol–water partition coefficient (Wildman–Crippen LogP) is 6.66. The Kier molecular flexibility index (Phi) is 9.36. The molecule has 0 amide bonds. The molecule has 3 heteroatoms. The van der Waals surface area contributed by atoms with Crippen molar-refractivity contribution in [2.24, 2.45) is 0 Å². The molecule has 1 aromatic carbocycles. The molecule has 0 aliphatic rings. The van der Waals surface area contributed by atoms with Crippen molar-refractivity contribution in [1.29, 1.82) is 0 Å². The number of halogens is 2. The van der Waals surface area contributed by atoms with E-state index >= 15 is 0 Å². The van der Waals surface area contributed by atoms with Gasteiger partial charge in [0.1, 0.15) is 0 Å². The van der Waals surface area contributed by atoms with Gasteiger partial charge in [0.25, 0.3) is 0 Å². The molecule has 0 spiro atoms. The molecule has 1 N–H and O–H groups in total. The van der Waals surface area contributed by atoms with Gasteiger partial charge in [0.15, 0.2) is 0 Å². The van der Waals surface area contributed by atoms with E-state index in [1.807, 2.05) is 18.2 Å². The summed E-state index contributed by atoms with van der Waals surface area (Å²) in [6.07, 6.45) is 10.9. The summed E-state index contributed by atoms with van der Waals surface area (Å²) in [5.41, 5.74) is 1.13. The zero-order chi connectivity index (χ0) is 13.9. The van der Waals surface area contributed by atoms with E-state index in [0.29, 0.717) is 0 Å². The molecule has 19 heavy (non-hydrogen) atoms. The average molecular weight is 347 g/mol. The first-order valence-corrected chi connectivity index (χ1v) is 8.60. The molecule has 1 aromatic rings. The summed E-state index contributed by atoms with van der Waals surface area (Å²) in [7, 11) is 0. The molecule has 108 valence electrons. The van der Waals surface area contributed by atoms with Gasteiger partial charge in [-0.2, -0.15) is 0 Å². The van der Waals surface area contributed by atoms with Crippen molar-refractivity contribution < 1.29 is 0 Å². The largest absolute Gasteiger partial charge is 0.384 e. The Bertz CT molecular complexity index is 355. The topological polar surface area (TPSA) is 12.0 Å². The van der Waals surface area contributed by atoms with Gasteiger partial charge in [-0.1, -0.05) is 63.5 Å². The minimum absolute atomic E-state index is 0.768. The molecule has 0 aliphatic heterocycles. The van der Waals surface area contributed by atoms with E-state index in [2.05, 4.69) is 28.2 Å². The number of rotatable bonds is 10. The van der Waals surface area contributed by atoms with E-state index in [-0.39, 0.29) is 0 Å². The molecule has 0 atom stereocenters. The van der Waals surface area contributed by atoms with E-state index < -0.39 is 0 Å². The van der Waals surface area contributed by atoms with Gasteiger partial charge in [-0.25, -0.2) is 0 Å². The lowest BCUT2D eigenvalue weighted by atomic mass is 10.1. The average Bonchev–Trinajstić information content (AvgIpc) is 2.39. The van der Waals surface area contributed by atoms with Gasteiger partial charge >= 0.3 is 0 Å². The van der Waals surface area contributed by atoms with Crippen LogP contribution in [-0.2, 0) is 0 Å². The third-order valence-electron chi connectivity index (χ3n) is 3.28. The fourth-order valence-electron chi connectivity index (χ4n) is 2.11. The van der Waals surface area contributed by atoms with Crippen molar-refractivity contribution in [2.75, 3.05) is 11.9 Å². The Morgan fingerprint density at radius 2 is 1.63 bits per heavy atom.